The minimum Gasteiger partial charge on any atom is -0.382 e. The van der Waals surface area contributed by atoms with E-state index in [0.29, 0.717) is 5.82 Å². The molecule has 0 saturated carbocycles. The number of aromatic nitrogens is 2. The Morgan fingerprint density at radius 1 is 1.11 bits per heavy atom. The third kappa shape index (κ3) is 7.33. The van der Waals surface area contributed by atoms with Gasteiger partial charge in [-0.25, -0.2) is 0 Å². The molecule has 104 valence electrons. The molecule has 1 heterocycles. The number of nitrogens with two attached hydrogens (primary N) is 1. The summed E-state index contributed by atoms with van der Waals surface area (Å²) in [6.07, 6.45) is 10.8. The van der Waals surface area contributed by atoms with Crippen LogP contribution in [0.15, 0.2) is 12.3 Å². The van der Waals surface area contributed by atoms with E-state index < -0.39 is 0 Å². The van der Waals surface area contributed by atoms with Gasteiger partial charge in [0, 0.05) is 26.0 Å². The lowest BCUT2D eigenvalue weighted by Crippen LogP contribution is -2.04. The molecule has 0 spiro atoms. The van der Waals surface area contributed by atoms with Crippen LogP contribution in [0.3, 0.4) is 0 Å². The lowest BCUT2D eigenvalue weighted by molar-refractivity contribution is 0.124. The molecule has 1 aromatic rings. The number of ether oxygens (including phenoxy) is 1. The van der Waals surface area contributed by atoms with Gasteiger partial charge in [-0.05, 0) is 18.9 Å². The van der Waals surface area contributed by atoms with Gasteiger partial charge in [0.15, 0.2) is 0 Å². The first kappa shape index (κ1) is 15.0. The molecule has 0 atom stereocenters. The molecule has 0 radical (unpaired) electrons. The van der Waals surface area contributed by atoms with Gasteiger partial charge < -0.3 is 10.5 Å². The van der Waals surface area contributed by atoms with Crippen molar-refractivity contribution >= 4 is 5.82 Å². The number of nitrogen functional groups attached to an aromatic ring is 1. The smallest absolute Gasteiger partial charge is 0.145 e. The summed E-state index contributed by atoms with van der Waals surface area (Å²) in [6, 6.07) is 1.82. The Morgan fingerprint density at radius 2 is 1.83 bits per heavy atom. The Morgan fingerprint density at radius 3 is 2.56 bits per heavy atom. The van der Waals surface area contributed by atoms with Crippen molar-refractivity contribution in [1.29, 1.82) is 0 Å². The molecule has 4 heteroatoms. The molecule has 0 unspecified atom stereocenters. The van der Waals surface area contributed by atoms with Gasteiger partial charge in [0.05, 0.1) is 0 Å². The van der Waals surface area contributed by atoms with Crippen molar-refractivity contribution < 1.29 is 4.74 Å². The van der Waals surface area contributed by atoms with Crippen LogP contribution in [0.25, 0.3) is 0 Å². The van der Waals surface area contributed by atoms with Crippen LogP contribution in [0.2, 0.25) is 0 Å². The molecule has 0 aliphatic heterocycles. The van der Waals surface area contributed by atoms with Gasteiger partial charge in [-0.15, -0.1) is 0 Å². The number of hydrogen-bond acceptors (Lipinski definition) is 3. The van der Waals surface area contributed by atoms with Crippen LogP contribution < -0.4 is 5.73 Å². The third-order valence-electron chi connectivity index (χ3n) is 2.98. The molecule has 0 fully saturated rings. The molecule has 1 aromatic heterocycles. The summed E-state index contributed by atoms with van der Waals surface area (Å²) < 4.78 is 7.46. The van der Waals surface area contributed by atoms with E-state index in [1.54, 1.807) is 0 Å². The lowest BCUT2D eigenvalue weighted by atomic mass is 10.1. The monoisotopic (exact) mass is 253 g/mol. The Hall–Kier alpha value is -1.03. The van der Waals surface area contributed by atoms with Gasteiger partial charge in [-0.3, -0.25) is 4.68 Å². The van der Waals surface area contributed by atoms with Crippen LogP contribution in [0.4, 0.5) is 5.82 Å². The summed E-state index contributed by atoms with van der Waals surface area (Å²) in [5.74, 6) is 0.586. The standard InChI is InChI=1S/C14H27N3O/c1-2-3-4-5-6-7-12-18-13-8-10-17-11-9-14(15)16-17/h9,11H,2-8,10,12-13H2,1H3,(H2,15,16). The normalized spacial score (nSPS) is 10.9. The van der Waals surface area contributed by atoms with Crippen molar-refractivity contribution in [2.75, 3.05) is 18.9 Å². The number of aryl methyl sites for hydroxylation is 1. The molecule has 0 amide bonds. The first-order valence-electron chi connectivity index (χ1n) is 7.19. The summed E-state index contributed by atoms with van der Waals surface area (Å²) >= 11 is 0. The number of hydrogen-bond donors (Lipinski definition) is 1. The zero-order valence-electron chi connectivity index (χ0n) is 11.6. The van der Waals surface area contributed by atoms with E-state index in [-0.39, 0.29) is 0 Å². The second-order valence-electron chi connectivity index (χ2n) is 4.74. The van der Waals surface area contributed by atoms with Crippen molar-refractivity contribution in [2.24, 2.45) is 0 Å². The highest BCUT2D eigenvalue weighted by atomic mass is 16.5. The number of nitrogens with zero attached hydrogens (tertiary/aromatic N) is 2. The van der Waals surface area contributed by atoms with Gasteiger partial charge in [-0.1, -0.05) is 39.0 Å². The van der Waals surface area contributed by atoms with Crippen LogP contribution in [-0.4, -0.2) is 23.0 Å². The fraction of sp³-hybridized carbons (Fsp3) is 0.786. The van der Waals surface area contributed by atoms with Crippen molar-refractivity contribution in [2.45, 2.75) is 58.4 Å². The van der Waals surface area contributed by atoms with Gasteiger partial charge in [-0.2, -0.15) is 5.10 Å². The molecule has 0 aliphatic rings. The second-order valence-corrected chi connectivity index (χ2v) is 4.74. The Bertz CT molecular complexity index is 299. The molecule has 18 heavy (non-hydrogen) atoms. The molecular formula is C14H27N3O. The van der Waals surface area contributed by atoms with E-state index in [1.165, 1.54) is 38.5 Å². The largest absolute Gasteiger partial charge is 0.382 e. The zero-order chi connectivity index (χ0) is 13.1. The fourth-order valence-electron chi connectivity index (χ4n) is 1.92. The highest BCUT2D eigenvalue weighted by Gasteiger charge is 1.95. The number of unbranched alkanes of at least 4 members (excludes halogenated alkanes) is 5. The molecule has 0 aromatic carbocycles. The molecular weight excluding hydrogens is 226 g/mol. The van der Waals surface area contributed by atoms with Crippen molar-refractivity contribution in [3.8, 4) is 0 Å². The van der Waals surface area contributed by atoms with Crippen molar-refractivity contribution in [3.63, 3.8) is 0 Å². The third-order valence-corrected chi connectivity index (χ3v) is 2.98. The van der Waals surface area contributed by atoms with Crippen LogP contribution in [0.5, 0.6) is 0 Å². The minimum absolute atomic E-state index is 0.586. The Labute approximate surface area is 111 Å². The number of anilines is 1. The average molecular weight is 253 g/mol. The first-order valence-corrected chi connectivity index (χ1v) is 7.19. The quantitative estimate of drug-likeness (QED) is 0.616. The lowest BCUT2D eigenvalue weighted by Gasteiger charge is -2.04. The van der Waals surface area contributed by atoms with Gasteiger partial charge in [0.2, 0.25) is 0 Å². The Kier molecular flexibility index (Phi) is 8.30. The van der Waals surface area contributed by atoms with E-state index >= 15 is 0 Å². The van der Waals surface area contributed by atoms with Gasteiger partial charge in [0.1, 0.15) is 5.82 Å². The highest BCUT2D eigenvalue weighted by molar-refractivity contribution is 5.23. The summed E-state index contributed by atoms with van der Waals surface area (Å²) in [6.45, 7) is 4.84. The topological polar surface area (TPSA) is 53.1 Å². The predicted molar refractivity (Wildman–Crippen MR) is 75.5 cm³/mol. The van der Waals surface area contributed by atoms with E-state index in [4.69, 9.17) is 10.5 Å². The fourth-order valence-corrected chi connectivity index (χ4v) is 1.92. The summed E-state index contributed by atoms with van der Waals surface area (Å²) in [5, 5.41) is 4.13. The molecule has 1 rings (SSSR count). The maximum atomic E-state index is 5.60. The van der Waals surface area contributed by atoms with E-state index in [9.17, 15) is 0 Å². The first-order chi connectivity index (χ1) is 8.83. The highest BCUT2D eigenvalue weighted by Crippen LogP contribution is 2.05. The van der Waals surface area contributed by atoms with Crippen molar-refractivity contribution in [3.05, 3.63) is 12.3 Å². The van der Waals surface area contributed by atoms with Crippen LogP contribution in [-0.2, 0) is 11.3 Å². The van der Waals surface area contributed by atoms with E-state index in [2.05, 4.69) is 12.0 Å². The number of rotatable bonds is 11. The van der Waals surface area contributed by atoms with Crippen LogP contribution in [0.1, 0.15) is 51.9 Å². The maximum Gasteiger partial charge on any atom is 0.145 e. The molecule has 2 N–H and O–H groups in total. The maximum absolute atomic E-state index is 5.60. The minimum atomic E-state index is 0.586. The summed E-state index contributed by atoms with van der Waals surface area (Å²) in [5.41, 5.74) is 5.54. The second kappa shape index (κ2) is 9.95. The molecule has 0 bridgehead atoms. The Balaban J connectivity index is 1.81. The van der Waals surface area contributed by atoms with E-state index in [0.717, 1.165) is 26.2 Å². The summed E-state index contributed by atoms with van der Waals surface area (Å²) in [4.78, 5) is 0. The SMILES string of the molecule is CCCCCCCCOCCCn1ccc(N)n1. The molecule has 0 saturated heterocycles. The van der Waals surface area contributed by atoms with E-state index in [1.807, 2.05) is 16.9 Å². The van der Waals surface area contributed by atoms with Crippen LogP contribution >= 0.6 is 0 Å². The van der Waals surface area contributed by atoms with Gasteiger partial charge in [0.25, 0.3) is 0 Å². The van der Waals surface area contributed by atoms with Crippen LogP contribution in [0, 0.1) is 0 Å². The summed E-state index contributed by atoms with van der Waals surface area (Å²) in [7, 11) is 0. The van der Waals surface area contributed by atoms with Gasteiger partial charge >= 0.3 is 0 Å². The average Bonchev–Trinajstić information content (AvgIpc) is 2.77. The molecule has 0 aliphatic carbocycles. The molecule has 4 nitrogen and oxygen atoms in total. The predicted octanol–water partition coefficient (Wildman–Crippen LogP) is 3.23. The van der Waals surface area contributed by atoms with Crippen molar-refractivity contribution in [1.82, 2.24) is 9.78 Å². The zero-order valence-corrected chi connectivity index (χ0v) is 11.6.